The third-order valence-corrected chi connectivity index (χ3v) is 3.15. The molecule has 2 aliphatic rings. The zero-order chi connectivity index (χ0) is 10.1. The van der Waals surface area contributed by atoms with Crippen molar-refractivity contribution in [1.29, 1.82) is 0 Å². The van der Waals surface area contributed by atoms with Crippen LogP contribution in [0.4, 0.5) is 0 Å². The highest BCUT2D eigenvalue weighted by Gasteiger charge is 2.21. The van der Waals surface area contributed by atoms with Gasteiger partial charge in [-0.2, -0.15) is 0 Å². The number of hydrogen-bond donors (Lipinski definition) is 1. The lowest BCUT2D eigenvalue weighted by Crippen LogP contribution is -2.26. The predicted molar refractivity (Wildman–Crippen MR) is 54.4 cm³/mol. The van der Waals surface area contributed by atoms with Gasteiger partial charge in [-0.25, -0.2) is 4.68 Å². The summed E-state index contributed by atoms with van der Waals surface area (Å²) < 4.78 is 7.65. The number of rotatable bonds is 2. The van der Waals surface area contributed by atoms with E-state index < -0.39 is 0 Å². The Bertz CT molecular complexity index is 343. The highest BCUT2D eigenvalue weighted by atomic mass is 16.5. The monoisotopic (exact) mass is 208 g/mol. The first-order valence-electron chi connectivity index (χ1n) is 5.67. The number of nitrogens with zero attached hydrogens (tertiary/aromatic N) is 3. The van der Waals surface area contributed by atoms with E-state index in [1.807, 2.05) is 4.68 Å². The fourth-order valence-corrected chi connectivity index (χ4v) is 2.32. The maximum absolute atomic E-state index is 5.61. The Hall–Kier alpha value is -0.940. The van der Waals surface area contributed by atoms with Gasteiger partial charge in [0, 0.05) is 26.1 Å². The topological polar surface area (TPSA) is 52.0 Å². The van der Waals surface area contributed by atoms with Crippen LogP contribution in [0.25, 0.3) is 0 Å². The second kappa shape index (κ2) is 3.90. The maximum atomic E-state index is 5.61. The minimum absolute atomic E-state index is 0.352. The summed E-state index contributed by atoms with van der Waals surface area (Å²) >= 11 is 0. The molecule has 1 aromatic heterocycles. The van der Waals surface area contributed by atoms with Crippen LogP contribution in [0.3, 0.4) is 0 Å². The zero-order valence-electron chi connectivity index (χ0n) is 8.78. The molecule has 0 saturated carbocycles. The molecule has 5 nitrogen and oxygen atoms in total. The summed E-state index contributed by atoms with van der Waals surface area (Å²) in [7, 11) is 0. The van der Waals surface area contributed by atoms with E-state index >= 15 is 0 Å². The summed E-state index contributed by atoms with van der Waals surface area (Å²) in [5.74, 6) is 0. The highest BCUT2D eigenvalue weighted by Crippen LogP contribution is 2.16. The van der Waals surface area contributed by atoms with E-state index in [4.69, 9.17) is 4.74 Å². The molecule has 1 atom stereocenters. The summed E-state index contributed by atoms with van der Waals surface area (Å²) in [4.78, 5) is 0. The van der Waals surface area contributed by atoms with E-state index in [1.165, 1.54) is 12.1 Å². The van der Waals surface area contributed by atoms with Crippen LogP contribution in [0.1, 0.15) is 24.2 Å². The van der Waals surface area contributed by atoms with Gasteiger partial charge < -0.3 is 10.1 Å². The molecular weight excluding hydrogens is 192 g/mol. The van der Waals surface area contributed by atoms with Crippen molar-refractivity contribution in [2.75, 3.05) is 13.2 Å². The number of nitrogens with one attached hydrogen (secondary N) is 1. The van der Waals surface area contributed by atoms with Crippen molar-refractivity contribution in [2.45, 2.75) is 38.5 Å². The van der Waals surface area contributed by atoms with E-state index in [0.29, 0.717) is 6.10 Å². The third-order valence-electron chi connectivity index (χ3n) is 3.15. The minimum atomic E-state index is 0.352. The van der Waals surface area contributed by atoms with Gasteiger partial charge in [-0.3, -0.25) is 0 Å². The maximum Gasteiger partial charge on any atom is 0.0997 e. The van der Waals surface area contributed by atoms with Crippen LogP contribution >= 0.6 is 0 Å². The Morgan fingerprint density at radius 2 is 2.53 bits per heavy atom. The van der Waals surface area contributed by atoms with E-state index in [0.717, 1.165) is 44.8 Å². The van der Waals surface area contributed by atoms with Crippen molar-refractivity contribution >= 4 is 0 Å². The SMILES string of the molecule is C1CO[C@@H](Cn2nnc3c2CCNC3)C1. The summed E-state index contributed by atoms with van der Waals surface area (Å²) in [5.41, 5.74) is 2.41. The van der Waals surface area contributed by atoms with Crippen molar-refractivity contribution < 1.29 is 4.74 Å². The van der Waals surface area contributed by atoms with E-state index in [9.17, 15) is 0 Å². The smallest absolute Gasteiger partial charge is 0.0997 e. The Morgan fingerprint density at radius 3 is 3.40 bits per heavy atom. The number of aromatic nitrogens is 3. The Kier molecular flexibility index (Phi) is 2.42. The average molecular weight is 208 g/mol. The number of fused-ring (bicyclic) bond motifs is 1. The van der Waals surface area contributed by atoms with Crippen LogP contribution in [-0.2, 0) is 24.2 Å². The molecule has 3 rings (SSSR count). The largest absolute Gasteiger partial charge is 0.376 e. The van der Waals surface area contributed by atoms with Crippen LogP contribution in [-0.4, -0.2) is 34.2 Å². The lowest BCUT2D eigenvalue weighted by Gasteiger charge is -2.15. The Balaban J connectivity index is 1.76. The Morgan fingerprint density at radius 1 is 1.53 bits per heavy atom. The van der Waals surface area contributed by atoms with Crippen molar-refractivity contribution in [3.05, 3.63) is 11.4 Å². The van der Waals surface area contributed by atoms with Crippen LogP contribution in [0.15, 0.2) is 0 Å². The zero-order valence-corrected chi connectivity index (χ0v) is 8.78. The summed E-state index contributed by atoms with van der Waals surface area (Å²) in [6.45, 7) is 3.68. The van der Waals surface area contributed by atoms with Crippen LogP contribution in [0, 0.1) is 0 Å². The molecule has 0 radical (unpaired) electrons. The molecule has 1 aromatic rings. The normalized spacial score (nSPS) is 25.5. The molecule has 0 aliphatic carbocycles. The lowest BCUT2D eigenvalue weighted by atomic mass is 10.1. The van der Waals surface area contributed by atoms with Crippen molar-refractivity contribution in [3.8, 4) is 0 Å². The molecule has 1 N–H and O–H groups in total. The molecular formula is C10H16N4O. The van der Waals surface area contributed by atoms with E-state index in [1.54, 1.807) is 0 Å². The standard InChI is InChI=1S/C10H16N4O/c1-2-8(15-5-1)7-14-10-3-4-11-6-9(10)12-13-14/h8,11H,1-7H2/t8-/m1/s1. The lowest BCUT2D eigenvalue weighted by molar-refractivity contribution is 0.0926. The van der Waals surface area contributed by atoms with Gasteiger partial charge in [0.15, 0.2) is 0 Å². The molecule has 0 amide bonds. The quantitative estimate of drug-likeness (QED) is 0.749. The first-order valence-corrected chi connectivity index (χ1v) is 5.67. The van der Waals surface area contributed by atoms with Gasteiger partial charge >= 0.3 is 0 Å². The molecule has 82 valence electrons. The van der Waals surface area contributed by atoms with Gasteiger partial charge in [0.2, 0.25) is 0 Å². The molecule has 2 aliphatic heterocycles. The van der Waals surface area contributed by atoms with Gasteiger partial charge in [0.05, 0.1) is 24.0 Å². The van der Waals surface area contributed by atoms with Crippen LogP contribution < -0.4 is 5.32 Å². The third kappa shape index (κ3) is 1.77. The fourth-order valence-electron chi connectivity index (χ4n) is 2.32. The van der Waals surface area contributed by atoms with Crippen molar-refractivity contribution in [2.24, 2.45) is 0 Å². The molecule has 1 fully saturated rings. The summed E-state index contributed by atoms with van der Waals surface area (Å²) in [6, 6.07) is 0. The molecule has 0 bridgehead atoms. The second-order valence-corrected chi connectivity index (χ2v) is 4.23. The minimum Gasteiger partial charge on any atom is -0.376 e. The molecule has 1 saturated heterocycles. The van der Waals surface area contributed by atoms with E-state index in [-0.39, 0.29) is 0 Å². The number of ether oxygens (including phenoxy) is 1. The summed E-state index contributed by atoms with van der Waals surface area (Å²) in [5, 5.41) is 11.7. The Labute approximate surface area is 88.8 Å². The highest BCUT2D eigenvalue weighted by molar-refractivity contribution is 5.13. The molecule has 15 heavy (non-hydrogen) atoms. The van der Waals surface area contributed by atoms with Gasteiger partial charge in [-0.1, -0.05) is 5.21 Å². The van der Waals surface area contributed by atoms with Crippen molar-refractivity contribution in [1.82, 2.24) is 20.3 Å². The van der Waals surface area contributed by atoms with Crippen molar-refractivity contribution in [3.63, 3.8) is 0 Å². The molecule has 0 spiro atoms. The first kappa shape index (κ1) is 9.30. The van der Waals surface area contributed by atoms with Gasteiger partial charge in [-0.05, 0) is 12.8 Å². The van der Waals surface area contributed by atoms with Crippen LogP contribution in [0.5, 0.6) is 0 Å². The fraction of sp³-hybridized carbons (Fsp3) is 0.800. The molecule has 3 heterocycles. The first-order chi connectivity index (χ1) is 7.43. The van der Waals surface area contributed by atoms with Crippen LogP contribution in [0.2, 0.25) is 0 Å². The van der Waals surface area contributed by atoms with Gasteiger partial charge in [-0.15, -0.1) is 5.10 Å². The average Bonchev–Trinajstić information content (AvgIpc) is 2.89. The molecule has 5 heteroatoms. The number of hydrogen-bond acceptors (Lipinski definition) is 4. The molecule has 0 aromatic carbocycles. The predicted octanol–water partition coefficient (Wildman–Crippen LogP) is 0.103. The molecule has 0 unspecified atom stereocenters. The van der Waals surface area contributed by atoms with Gasteiger partial charge in [0.25, 0.3) is 0 Å². The van der Waals surface area contributed by atoms with Gasteiger partial charge in [0.1, 0.15) is 0 Å². The van der Waals surface area contributed by atoms with E-state index in [2.05, 4.69) is 15.6 Å². The summed E-state index contributed by atoms with van der Waals surface area (Å²) in [6.07, 6.45) is 3.73. The second-order valence-electron chi connectivity index (χ2n) is 4.23.